The number of hydrogen-bond donors (Lipinski definition) is 2. The van der Waals surface area contributed by atoms with Gasteiger partial charge in [-0.05, 0) is 80.8 Å². The molecule has 3 rings (SSSR count). The van der Waals surface area contributed by atoms with E-state index in [-0.39, 0.29) is 10.5 Å². The molecule has 0 aliphatic carbocycles. The minimum atomic E-state index is -3.87. The summed E-state index contributed by atoms with van der Waals surface area (Å²) in [6, 6.07) is 17.2. The van der Waals surface area contributed by atoms with Crippen molar-refractivity contribution < 1.29 is 17.9 Å². The molecule has 7 heteroatoms. The van der Waals surface area contributed by atoms with Crippen LogP contribution in [0.25, 0.3) is 0 Å². The van der Waals surface area contributed by atoms with Crippen molar-refractivity contribution in [1.29, 1.82) is 0 Å². The number of anilines is 2. The third kappa shape index (κ3) is 5.64. The summed E-state index contributed by atoms with van der Waals surface area (Å²) in [4.78, 5) is 12.8. The average molecular weight is 439 g/mol. The molecule has 0 spiro atoms. The Morgan fingerprint density at radius 2 is 1.61 bits per heavy atom. The maximum Gasteiger partial charge on any atom is 0.262 e. The second-order valence-electron chi connectivity index (χ2n) is 7.38. The maximum atomic E-state index is 13.0. The Labute approximate surface area is 183 Å². The fourth-order valence-electron chi connectivity index (χ4n) is 3.31. The van der Waals surface area contributed by atoms with E-state index in [4.69, 9.17) is 4.74 Å². The van der Waals surface area contributed by atoms with Gasteiger partial charge >= 0.3 is 0 Å². The van der Waals surface area contributed by atoms with E-state index in [1.54, 1.807) is 55.5 Å². The van der Waals surface area contributed by atoms with E-state index in [2.05, 4.69) is 10.0 Å². The number of nitrogens with one attached hydrogen (secondary N) is 2. The highest BCUT2D eigenvalue weighted by Gasteiger charge is 2.20. The molecule has 0 heterocycles. The maximum absolute atomic E-state index is 13.0. The number of aryl methyl sites for hydroxylation is 3. The smallest absolute Gasteiger partial charge is 0.262 e. The highest BCUT2D eigenvalue weighted by atomic mass is 32.2. The van der Waals surface area contributed by atoms with E-state index in [9.17, 15) is 13.2 Å². The molecule has 0 aliphatic heterocycles. The van der Waals surface area contributed by atoms with Gasteiger partial charge in [0.1, 0.15) is 5.75 Å². The third-order valence-corrected chi connectivity index (χ3v) is 6.14. The Kier molecular flexibility index (Phi) is 6.65. The van der Waals surface area contributed by atoms with Crippen LogP contribution >= 0.6 is 0 Å². The average Bonchev–Trinajstić information content (AvgIpc) is 2.67. The molecule has 162 valence electrons. The van der Waals surface area contributed by atoms with Gasteiger partial charge in [0.15, 0.2) is 0 Å². The Morgan fingerprint density at radius 3 is 2.29 bits per heavy atom. The predicted molar refractivity (Wildman–Crippen MR) is 123 cm³/mol. The molecule has 0 aromatic heterocycles. The number of sulfonamides is 1. The molecule has 0 saturated carbocycles. The second-order valence-corrected chi connectivity index (χ2v) is 9.03. The number of carbonyl (C=O) groups excluding carboxylic acids is 1. The number of rotatable bonds is 7. The van der Waals surface area contributed by atoms with Crippen molar-refractivity contribution in [3.63, 3.8) is 0 Å². The van der Waals surface area contributed by atoms with Crippen molar-refractivity contribution in [2.75, 3.05) is 16.6 Å². The SMILES string of the molecule is CCOc1cccc(NC(=O)c2ccc(C)c(S(=O)(=O)Nc3cc(C)cc(C)c3)c2)c1. The third-order valence-electron chi connectivity index (χ3n) is 4.62. The molecule has 0 fully saturated rings. The first-order valence-corrected chi connectivity index (χ1v) is 11.4. The quantitative estimate of drug-likeness (QED) is 0.540. The zero-order valence-corrected chi connectivity index (χ0v) is 18.8. The Morgan fingerprint density at radius 1 is 0.903 bits per heavy atom. The lowest BCUT2D eigenvalue weighted by Crippen LogP contribution is -2.17. The second kappa shape index (κ2) is 9.22. The standard InChI is InChI=1S/C24H26N2O4S/c1-5-30-22-8-6-7-20(15-22)25-24(27)19-10-9-18(4)23(14-19)31(28,29)26-21-12-16(2)11-17(3)13-21/h6-15,26H,5H2,1-4H3,(H,25,27). The monoisotopic (exact) mass is 438 g/mol. The molecule has 6 nitrogen and oxygen atoms in total. The van der Waals surface area contributed by atoms with E-state index in [0.29, 0.717) is 29.3 Å². The van der Waals surface area contributed by atoms with Crippen LogP contribution in [0.5, 0.6) is 5.75 Å². The Bertz CT molecular complexity index is 1200. The minimum Gasteiger partial charge on any atom is -0.494 e. The van der Waals surface area contributed by atoms with Crippen LogP contribution in [0, 0.1) is 20.8 Å². The molecule has 0 bridgehead atoms. The van der Waals surface area contributed by atoms with Crippen molar-refractivity contribution in [3.05, 3.63) is 82.9 Å². The van der Waals surface area contributed by atoms with Crippen LogP contribution in [0.15, 0.2) is 65.6 Å². The van der Waals surface area contributed by atoms with Crippen LogP contribution < -0.4 is 14.8 Å². The van der Waals surface area contributed by atoms with Crippen molar-refractivity contribution in [1.82, 2.24) is 0 Å². The summed E-state index contributed by atoms with van der Waals surface area (Å²) in [5.41, 5.74) is 3.75. The number of carbonyl (C=O) groups is 1. The molecule has 0 unspecified atom stereocenters. The van der Waals surface area contributed by atoms with Gasteiger partial charge in [0.2, 0.25) is 0 Å². The lowest BCUT2D eigenvalue weighted by molar-refractivity contribution is 0.102. The van der Waals surface area contributed by atoms with E-state index < -0.39 is 15.9 Å². The van der Waals surface area contributed by atoms with Crippen LogP contribution in [0.2, 0.25) is 0 Å². The summed E-state index contributed by atoms with van der Waals surface area (Å²) in [6.07, 6.45) is 0. The van der Waals surface area contributed by atoms with Crippen LogP contribution in [0.3, 0.4) is 0 Å². The summed E-state index contributed by atoms with van der Waals surface area (Å²) in [5.74, 6) is 0.238. The van der Waals surface area contributed by atoms with Crippen LogP contribution in [-0.4, -0.2) is 20.9 Å². The lowest BCUT2D eigenvalue weighted by Gasteiger charge is -2.13. The summed E-state index contributed by atoms with van der Waals surface area (Å²) in [5, 5.41) is 2.79. The molecule has 3 aromatic carbocycles. The van der Waals surface area contributed by atoms with Gasteiger partial charge in [-0.15, -0.1) is 0 Å². The van der Waals surface area contributed by atoms with E-state index in [0.717, 1.165) is 11.1 Å². The molecule has 0 saturated heterocycles. The number of ether oxygens (including phenoxy) is 1. The fraction of sp³-hybridized carbons (Fsp3) is 0.208. The van der Waals surface area contributed by atoms with E-state index in [1.807, 2.05) is 26.8 Å². The summed E-state index contributed by atoms with van der Waals surface area (Å²) in [6.45, 7) is 7.90. The van der Waals surface area contributed by atoms with Gasteiger partial charge in [0.25, 0.3) is 15.9 Å². The number of amides is 1. The summed E-state index contributed by atoms with van der Waals surface area (Å²) < 4.78 is 34.1. The zero-order valence-electron chi connectivity index (χ0n) is 18.0. The van der Waals surface area contributed by atoms with Crippen molar-refractivity contribution in [2.45, 2.75) is 32.6 Å². The van der Waals surface area contributed by atoms with Crippen molar-refractivity contribution in [2.24, 2.45) is 0 Å². The Hall–Kier alpha value is -3.32. The predicted octanol–water partition coefficient (Wildman–Crippen LogP) is 5.06. The van der Waals surface area contributed by atoms with Gasteiger partial charge in [-0.25, -0.2) is 8.42 Å². The van der Waals surface area contributed by atoms with Crippen molar-refractivity contribution >= 4 is 27.3 Å². The van der Waals surface area contributed by atoms with Crippen LogP contribution in [-0.2, 0) is 10.0 Å². The molecular weight excluding hydrogens is 412 g/mol. The fourth-order valence-corrected chi connectivity index (χ4v) is 4.62. The summed E-state index contributed by atoms with van der Waals surface area (Å²) in [7, 11) is -3.87. The molecule has 2 N–H and O–H groups in total. The van der Waals surface area contributed by atoms with E-state index >= 15 is 0 Å². The van der Waals surface area contributed by atoms with Gasteiger partial charge in [0.05, 0.1) is 11.5 Å². The molecular formula is C24H26N2O4S. The topological polar surface area (TPSA) is 84.5 Å². The molecule has 0 aliphatic rings. The molecule has 1 amide bonds. The first-order valence-electron chi connectivity index (χ1n) is 9.94. The highest BCUT2D eigenvalue weighted by molar-refractivity contribution is 7.92. The minimum absolute atomic E-state index is 0.0578. The Balaban J connectivity index is 1.86. The van der Waals surface area contributed by atoms with Crippen molar-refractivity contribution in [3.8, 4) is 5.75 Å². The highest BCUT2D eigenvalue weighted by Crippen LogP contribution is 2.23. The van der Waals surface area contributed by atoms with Crippen LogP contribution in [0.1, 0.15) is 34.0 Å². The lowest BCUT2D eigenvalue weighted by atomic mass is 10.1. The van der Waals surface area contributed by atoms with Gasteiger partial charge < -0.3 is 10.1 Å². The molecule has 0 atom stereocenters. The van der Waals surface area contributed by atoms with Gasteiger partial charge in [0, 0.05) is 23.0 Å². The van der Waals surface area contributed by atoms with Gasteiger partial charge in [-0.2, -0.15) is 0 Å². The van der Waals surface area contributed by atoms with Gasteiger partial charge in [-0.1, -0.05) is 18.2 Å². The number of hydrogen-bond acceptors (Lipinski definition) is 4. The normalized spacial score (nSPS) is 11.1. The largest absolute Gasteiger partial charge is 0.494 e. The summed E-state index contributed by atoms with van der Waals surface area (Å²) >= 11 is 0. The molecule has 31 heavy (non-hydrogen) atoms. The van der Waals surface area contributed by atoms with Crippen LogP contribution in [0.4, 0.5) is 11.4 Å². The first kappa shape index (κ1) is 22.4. The molecule has 0 radical (unpaired) electrons. The number of benzene rings is 3. The van der Waals surface area contributed by atoms with Gasteiger partial charge in [-0.3, -0.25) is 9.52 Å². The first-order chi connectivity index (χ1) is 14.7. The molecule has 3 aromatic rings. The zero-order chi connectivity index (χ0) is 22.6. The van der Waals surface area contributed by atoms with E-state index in [1.165, 1.54) is 6.07 Å².